The number of unbranched alkanes of at least 4 members (excludes halogenated alkanes) is 2. The lowest BCUT2D eigenvalue weighted by Gasteiger charge is -2.40. The fourth-order valence-corrected chi connectivity index (χ4v) is 4.78. The second-order valence-corrected chi connectivity index (χ2v) is 8.96. The van der Waals surface area contributed by atoms with Crippen molar-refractivity contribution in [1.29, 1.82) is 0 Å². The third-order valence-corrected chi connectivity index (χ3v) is 6.79. The first-order chi connectivity index (χ1) is 15.4. The van der Waals surface area contributed by atoms with Crippen molar-refractivity contribution < 1.29 is 14.0 Å². The Morgan fingerprint density at radius 2 is 1.94 bits per heavy atom. The molecule has 2 unspecified atom stereocenters. The molecule has 2 fully saturated rings. The van der Waals surface area contributed by atoms with Gasteiger partial charge in [0.2, 0.25) is 0 Å². The van der Waals surface area contributed by atoms with Crippen molar-refractivity contribution in [3.05, 3.63) is 34.6 Å². The Morgan fingerprint density at radius 1 is 1.19 bits per heavy atom. The zero-order chi connectivity index (χ0) is 22.8. The lowest BCUT2D eigenvalue weighted by molar-refractivity contribution is -0.127. The topological polar surface area (TPSA) is 71.5 Å². The van der Waals surface area contributed by atoms with E-state index in [2.05, 4.69) is 26.9 Å². The Morgan fingerprint density at radius 3 is 2.62 bits per heavy atom. The molecular weight excluding hydrogens is 435 g/mol. The highest BCUT2D eigenvalue weighted by molar-refractivity contribution is 6.31. The Balaban J connectivity index is 1.46. The van der Waals surface area contributed by atoms with Gasteiger partial charge in [0.05, 0.1) is 0 Å². The summed E-state index contributed by atoms with van der Waals surface area (Å²) in [5.74, 6) is 0.197. The summed E-state index contributed by atoms with van der Waals surface area (Å²) in [6.45, 7) is 6.17. The maximum absolute atomic E-state index is 14.2. The minimum atomic E-state index is -0.511. The average Bonchev–Trinajstić information content (AvgIpc) is 3.16. The Bertz CT molecular complexity index is 884. The van der Waals surface area contributed by atoms with Crippen molar-refractivity contribution in [3.63, 3.8) is 0 Å². The fourth-order valence-electron chi connectivity index (χ4n) is 4.56. The molecule has 2 saturated heterocycles. The van der Waals surface area contributed by atoms with E-state index in [1.165, 1.54) is 11.0 Å². The largest absolute Gasteiger partial charge is 0.340 e. The molecule has 3 aliphatic heterocycles. The number of hydrogen-bond acceptors (Lipinski definition) is 6. The van der Waals surface area contributed by atoms with Crippen molar-refractivity contribution >= 4 is 29.5 Å². The van der Waals surface area contributed by atoms with Gasteiger partial charge in [-0.15, -0.1) is 0 Å². The second-order valence-electron chi connectivity index (χ2n) is 8.56. The van der Waals surface area contributed by atoms with E-state index in [1.807, 2.05) is 0 Å². The van der Waals surface area contributed by atoms with E-state index in [0.29, 0.717) is 36.8 Å². The van der Waals surface area contributed by atoms with Crippen LogP contribution in [0.25, 0.3) is 0 Å². The number of halogens is 2. The Hall–Kier alpha value is -2.39. The predicted molar refractivity (Wildman–Crippen MR) is 121 cm³/mol. The van der Waals surface area contributed by atoms with Crippen LogP contribution in [0.1, 0.15) is 31.7 Å². The highest BCUT2D eigenvalue weighted by Gasteiger charge is 2.49. The Kier molecular flexibility index (Phi) is 6.85. The molecule has 0 aromatic heterocycles. The maximum Gasteiger partial charge on any atom is 0.325 e. The number of likely N-dealkylation sites (N-methyl/N-ethyl adjacent to an activating group) is 1. The number of urea groups is 1. The summed E-state index contributed by atoms with van der Waals surface area (Å²) < 4.78 is 14.2. The van der Waals surface area contributed by atoms with Gasteiger partial charge in [-0.1, -0.05) is 37.4 Å². The number of carbonyl (C=O) groups excluding carboxylic acids is 2. The summed E-state index contributed by atoms with van der Waals surface area (Å²) >= 11 is 6.20. The smallest absolute Gasteiger partial charge is 0.325 e. The van der Waals surface area contributed by atoms with Crippen LogP contribution < -0.4 is 5.32 Å². The van der Waals surface area contributed by atoms with Gasteiger partial charge in [0, 0.05) is 56.9 Å². The van der Waals surface area contributed by atoms with Crippen LogP contribution in [-0.2, 0) is 11.3 Å². The minimum absolute atomic E-state index is 0.287. The van der Waals surface area contributed by atoms with E-state index >= 15 is 0 Å². The minimum Gasteiger partial charge on any atom is -0.340 e. The average molecular weight is 465 g/mol. The number of aliphatic imine (C=N–C) groups is 1. The number of carbonyl (C=O) groups is 2. The lowest BCUT2D eigenvalue weighted by Crippen LogP contribution is -2.64. The van der Waals surface area contributed by atoms with Crippen molar-refractivity contribution in [2.24, 2.45) is 4.99 Å². The molecule has 8 nitrogen and oxygen atoms in total. The van der Waals surface area contributed by atoms with Gasteiger partial charge in [-0.25, -0.2) is 14.2 Å². The number of fused-ring (bicyclic) bond motifs is 1. The van der Waals surface area contributed by atoms with E-state index in [1.54, 1.807) is 19.2 Å². The van der Waals surface area contributed by atoms with E-state index in [-0.39, 0.29) is 11.7 Å². The van der Waals surface area contributed by atoms with Crippen LogP contribution in [0.4, 0.5) is 9.18 Å². The molecule has 3 aliphatic rings. The summed E-state index contributed by atoms with van der Waals surface area (Å²) in [7, 11) is 1.67. The van der Waals surface area contributed by atoms with Gasteiger partial charge in [-0.3, -0.25) is 15.0 Å². The molecule has 0 bridgehead atoms. The number of nitrogens with one attached hydrogen (secondary N) is 1. The molecule has 1 aromatic rings. The van der Waals surface area contributed by atoms with Crippen LogP contribution in [0.5, 0.6) is 0 Å². The summed E-state index contributed by atoms with van der Waals surface area (Å²) in [5.41, 5.74) is 0.518. The van der Waals surface area contributed by atoms with Gasteiger partial charge in [0.1, 0.15) is 5.82 Å². The van der Waals surface area contributed by atoms with E-state index in [9.17, 15) is 14.0 Å². The molecule has 1 aromatic carbocycles. The van der Waals surface area contributed by atoms with Gasteiger partial charge in [0.25, 0.3) is 5.91 Å². The standard InChI is InChI=1S/C22H30ClFN6O2/c1-3-4-5-9-30-18-19(27(2)22(32)26-20(18)31)25-21(30)29-12-10-28(11-13-29)14-15-16(23)7-6-8-17(15)24/h6-8,18-19H,3-5,9-14H2,1-2H3,(H,26,31,32). The number of amides is 3. The molecule has 0 saturated carbocycles. The molecule has 0 spiro atoms. The van der Waals surface area contributed by atoms with Crippen molar-refractivity contribution in [3.8, 4) is 0 Å². The maximum atomic E-state index is 14.2. The zero-order valence-corrected chi connectivity index (χ0v) is 19.3. The van der Waals surface area contributed by atoms with E-state index in [4.69, 9.17) is 16.6 Å². The van der Waals surface area contributed by atoms with Crippen molar-refractivity contribution in [2.75, 3.05) is 39.8 Å². The van der Waals surface area contributed by atoms with Crippen LogP contribution in [0.3, 0.4) is 0 Å². The Labute approximate surface area is 193 Å². The first-order valence-corrected chi connectivity index (χ1v) is 11.6. The van der Waals surface area contributed by atoms with Crippen molar-refractivity contribution in [1.82, 2.24) is 24.9 Å². The summed E-state index contributed by atoms with van der Waals surface area (Å²) in [6.07, 6.45) is 2.59. The molecule has 2 atom stereocenters. The number of hydrogen-bond donors (Lipinski definition) is 1. The van der Waals surface area contributed by atoms with Crippen LogP contribution in [0, 0.1) is 5.82 Å². The predicted octanol–water partition coefficient (Wildman–Crippen LogP) is 2.33. The summed E-state index contributed by atoms with van der Waals surface area (Å²) in [5, 5.41) is 2.89. The third-order valence-electron chi connectivity index (χ3n) is 6.44. The lowest BCUT2D eigenvalue weighted by atomic mass is 10.1. The second kappa shape index (κ2) is 9.62. The number of imide groups is 1. The molecule has 3 heterocycles. The molecule has 1 N–H and O–H groups in total. The number of guanidine groups is 1. The quantitative estimate of drug-likeness (QED) is 0.654. The summed E-state index contributed by atoms with van der Waals surface area (Å²) in [4.78, 5) is 37.5. The van der Waals surface area contributed by atoms with Gasteiger partial charge >= 0.3 is 6.03 Å². The van der Waals surface area contributed by atoms with Gasteiger partial charge < -0.3 is 14.7 Å². The summed E-state index contributed by atoms with van der Waals surface area (Å²) in [6, 6.07) is 3.84. The highest BCUT2D eigenvalue weighted by Crippen LogP contribution is 2.27. The third kappa shape index (κ3) is 4.41. The van der Waals surface area contributed by atoms with Crippen LogP contribution in [0.2, 0.25) is 5.02 Å². The molecule has 32 heavy (non-hydrogen) atoms. The van der Waals surface area contributed by atoms with Gasteiger partial charge in [-0.05, 0) is 18.6 Å². The van der Waals surface area contributed by atoms with E-state index < -0.39 is 18.2 Å². The highest BCUT2D eigenvalue weighted by atomic mass is 35.5. The number of benzene rings is 1. The normalized spacial score (nSPS) is 24.0. The fraction of sp³-hybridized carbons (Fsp3) is 0.591. The first kappa shape index (κ1) is 22.8. The van der Waals surface area contributed by atoms with Crippen LogP contribution >= 0.6 is 11.6 Å². The molecule has 0 radical (unpaired) electrons. The monoisotopic (exact) mass is 464 g/mol. The van der Waals surface area contributed by atoms with Crippen LogP contribution in [0.15, 0.2) is 23.2 Å². The van der Waals surface area contributed by atoms with Crippen molar-refractivity contribution in [2.45, 2.75) is 44.9 Å². The van der Waals surface area contributed by atoms with E-state index in [0.717, 1.165) is 38.3 Å². The molecular formula is C22H30ClFN6O2. The van der Waals surface area contributed by atoms with Gasteiger partial charge in [0.15, 0.2) is 18.2 Å². The first-order valence-electron chi connectivity index (χ1n) is 11.2. The number of rotatable bonds is 6. The van der Waals surface area contributed by atoms with Gasteiger partial charge in [-0.2, -0.15) is 0 Å². The number of nitrogens with zero attached hydrogens (tertiary/aromatic N) is 5. The van der Waals surface area contributed by atoms with Crippen LogP contribution in [-0.4, -0.2) is 89.5 Å². The molecule has 4 rings (SSSR count). The SMILES string of the molecule is CCCCCN1C(N2CCN(Cc3c(F)cccc3Cl)CC2)=NC2C1C(=O)NC(=O)N2C. The number of piperazine rings is 1. The molecule has 3 amide bonds. The molecule has 0 aliphatic carbocycles. The zero-order valence-electron chi connectivity index (χ0n) is 18.6. The molecule has 10 heteroatoms. The molecule has 174 valence electrons.